The van der Waals surface area contributed by atoms with Crippen molar-refractivity contribution in [1.29, 1.82) is 0 Å². The molecule has 1 atom stereocenters. The number of sulfone groups is 1. The molecule has 8 nitrogen and oxygen atoms in total. The number of aliphatic imine (C=N–C) groups is 1. The Morgan fingerprint density at radius 2 is 2.19 bits per heavy atom. The topological polar surface area (TPSA) is 95.9 Å². The van der Waals surface area contributed by atoms with Gasteiger partial charge in [0.2, 0.25) is 0 Å². The van der Waals surface area contributed by atoms with Gasteiger partial charge in [-0.2, -0.15) is 0 Å². The Balaban J connectivity index is 0.00000261. The number of ether oxygens (including phenoxy) is 1. The number of nitrogens with zero attached hydrogens (tertiary/aromatic N) is 3. The predicted octanol–water partition coefficient (Wildman–Crippen LogP) is 0.778. The fourth-order valence-electron chi connectivity index (χ4n) is 3.20. The van der Waals surface area contributed by atoms with Crippen molar-refractivity contribution in [2.24, 2.45) is 4.99 Å². The van der Waals surface area contributed by atoms with Crippen LogP contribution in [0.4, 0.5) is 5.82 Å². The average molecular weight is 509 g/mol. The number of morpholine rings is 1. The van der Waals surface area contributed by atoms with Gasteiger partial charge >= 0.3 is 0 Å². The number of hydrogen-bond acceptors (Lipinski definition) is 6. The quantitative estimate of drug-likeness (QED) is 0.344. The SMILES string of the molecule is CCNC(=NCc1cccnc1N1CCOCC1)NC1CCS(=O)(=O)C1.I. The second-order valence-corrected chi connectivity index (χ2v) is 8.75. The third-order valence-corrected chi connectivity index (χ3v) is 6.27. The molecule has 2 N–H and O–H groups in total. The first-order valence-corrected chi connectivity index (χ1v) is 10.9. The van der Waals surface area contributed by atoms with E-state index in [-0.39, 0.29) is 41.5 Å². The molecular formula is C17H28IN5O3S. The highest BCUT2D eigenvalue weighted by atomic mass is 127. The lowest BCUT2D eigenvalue weighted by atomic mass is 10.2. The van der Waals surface area contributed by atoms with Crippen LogP contribution in [0.1, 0.15) is 18.9 Å². The summed E-state index contributed by atoms with van der Waals surface area (Å²) in [5, 5.41) is 6.44. The van der Waals surface area contributed by atoms with Crippen LogP contribution in [0.2, 0.25) is 0 Å². The van der Waals surface area contributed by atoms with Gasteiger partial charge in [0.15, 0.2) is 15.8 Å². The lowest BCUT2D eigenvalue weighted by Gasteiger charge is -2.29. The zero-order valence-corrected chi connectivity index (χ0v) is 18.7. The van der Waals surface area contributed by atoms with E-state index < -0.39 is 9.84 Å². The minimum absolute atomic E-state index is 0. The minimum atomic E-state index is -2.92. The van der Waals surface area contributed by atoms with Gasteiger partial charge in [-0.3, -0.25) is 0 Å². The molecule has 3 rings (SSSR count). The van der Waals surface area contributed by atoms with Gasteiger partial charge < -0.3 is 20.3 Å². The maximum absolute atomic E-state index is 11.7. The summed E-state index contributed by atoms with van der Waals surface area (Å²) in [5.74, 6) is 2.00. The number of nitrogens with one attached hydrogen (secondary N) is 2. The van der Waals surface area contributed by atoms with Crippen molar-refractivity contribution in [3.05, 3.63) is 23.9 Å². The number of aromatic nitrogens is 1. The fourth-order valence-corrected chi connectivity index (χ4v) is 4.87. The molecule has 2 saturated heterocycles. The van der Waals surface area contributed by atoms with Crippen LogP contribution in [-0.2, 0) is 21.1 Å². The summed E-state index contributed by atoms with van der Waals surface area (Å²) in [6.07, 6.45) is 2.42. The number of anilines is 1. The molecule has 3 heterocycles. The highest BCUT2D eigenvalue weighted by Crippen LogP contribution is 2.19. The van der Waals surface area contributed by atoms with E-state index in [0.29, 0.717) is 38.7 Å². The molecule has 0 spiro atoms. The molecule has 2 fully saturated rings. The number of guanidine groups is 1. The average Bonchev–Trinajstić information content (AvgIpc) is 2.99. The number of halogens is 1. The summed E-state index contributed by atoms with van der Waals surface area (Å²) in [6.45, 7) is 6.26. The number of rotatable bonds is 5. The van der Waals surface area contributed by atoms with E-state index in [9.17, 15) is 8.42 Å². The summed E-state index contributed by atoms with van der Waals surface area (Å²) >= 11 is 0. The summed E-state index contributed by atoms with van der Waals surface area (Å²) in [6, 6.07) is 3.87. The molecule has 0 saturated carbocycles. The fraction of sp³-hybridized carbons (Fsp3) is 0.647. The van der Waals surface area contributed by atoms with Gasteiger partial charge in [-0.25, -0.2) is 18.4 Å². The van der Waals surface area contributed by atoms with E-state index in [0.717, 1.165) is 24.5 Å². The van der Waals surface area contributed by atoms with E-state index in [2.05, 4.69) is 25.5 Å². The molecule has 1 aromatic rings. The van der Waals surface area contributed by atoms with Crippen molar-refractivity contribution in [3.8, 4) is 0 Å². The van der Waals surface area contributed by atoms with Crippen LogP contribution < -0.4 is 15.5 Å². The molecule has 0 aliphatic carbocycles. The molecule has 1 unspecified atom stereocenters. The third kappa shape index (κ3) is 6.46. The summed E-state index contributed by atoms with van der Waals surface area (Å²) in [7, 11) is -2.92. The minimum Gasteiger partial charge on any atom is -0.378 e. The molecule has 0 aromatic carbocycles. The molecule has 0 bridgehead atoms. The normalized spacial score (nSPS) is 22.2. The molecule has 2 aliphatic heterocycles. The standard InChI is InChI=1S/C17H27N5O3S.HI/c1-2-18-17(21-15-5-11-26(23,24)13-15)20-12-14-4-3-6-19-16(14)22-7-9-25-10-8-22;/h3-4,6,15H,2,5,7-13H2,1H3,(H2,18,20,21);1H. The number of hydrogen-bond donors (Lipinski definition) is 2. The van der Waals surface area contributed by atoms with Gasteiger partial charge in [-0.05, 0) is 19.4 Å². The van der Waals surface area contributed by atoms with Crippen molar-refractivity contribution >= 4 is 45.6 Å². The first kappa shape index (κ1) is 22.2. The third-order valence-electron chi connectivity index (χ3n) is 4.50. The summed E-state index contributed by atoms with van der Waals surface area (Å²) < 4.78 is 28.7. The van der Waals surface area contributed by atoms with Gasteiger partial charge in [-0.1, -0.05) is 6.07 Å². The molecule has 2 aliphatic rings. The largest absolute Gasteiger partial charge is 0.378 e. The molecule has 0 radical (unpaired) electrons. The second kappa shape index (κ2) is 10.4. The van der Waals surface area contributed by atoms with Crippen molar-refractivity contribution in [2.75, 3.05) is 49.3 Å². The van der Waals surface area contributed by atoms with Crippen LogP contribution in [0.25, 0.3) is 0 Å². The van der Waals surface area contributed by atoms with Crippen molar-refractivity contribution in [1.82, 2.24) is 15.6 Å². The summed E-state index contributed by atoms with van der Waals surface area (Å²) in [4.78, 5) is 11.4. The molecule has 0 amide bonds. The maximum atomic E-state index is 11.7. The van der Waals surface area contributed by atoms with Crippen LogP contribution in [0.15, 0.2) is 23.3 Å². The Hall–Kier alpha value is -1.14. The van der Waals surface area contributed by atoms with E-state index in [1.54, 1.807) is 6.20 Å². The molecule has 1 aromatic heterocycles. The van der Waals surface area contributed by atoms with Crippen LogP contribution in [-0.4, -0.2) is 69.8 Å². The number of pyridine rings is 1. The van der Waals surface area contributed by atoms with Gasteiger partial charge in [0.05, 0.1) is 31.3 Å². The Kier molecular flexibility index (Phi) is 8.55. The van der Waals surface area contributed by atoms with Gasteiger partial charge in [0.1, 0.15) is 5.82 Å². The van der Waals surface area contributed by atoms with Gasteiger partial charge in [0.25, 0.3) is 0 Å². The smallest absolute Gasteiger partial charge is 0.191 e. The molecular weight excluding hydrogens is 481 g/mol. The highest BCUT2D eigenvalue weighted by Gasteiger charge is 2.28. The van der Waals surface area contributed by atoms with Crippen molar-refractivity contribution in [3.63, 3.8) is 0 Å². The Morgan fingerprint density at radius 3 is 2.85 bits per heavy atom. The van der Waals surface area contributed by atoms with Crippen LogP contribution in [0.3, 0.4) is 0 Å². The lowest BCUT2D eigenvalue weighted by molar-refractivity contribution is 0.122. The van der Waals surface area contributed by atoms with E-state index in [1.807, 2.05) is 19.1 Å². The Labute approximate surface area is 178 Å². The zero-order chi connectivity index (χ0) is 18.4. The molecule has 10 heteroatoms. The van der Waals surface area contributed by atoms with Gasteiger partial charge in [0, 0.05) is 37.4 Å². The van der Waals surface area contributed by atoms with Crippen LogP contribution >= 0.6 is 24.0 Å². The van der Waals surface area contributed by atoms with Crippen molar-refractivity contribution < 1.29 is 13.2 Å². The van der Waals surface area contributed by atoms with Crippen LogP contribution in [0.5, 0.6) is 0 Å². The summed E-state index contributed by atoms with van der Waals surface area (Å²) in [5.41, 5.74) is 1.05. The van der Waals surface area contributed by atoms with E-state index in [1.165, 1.54) is 0 Å². The lowest BCUT2D eigenvalue weighted by Crippen LogP contribution is -2.44. The van der Waals surface area contributed by atoms with E-state index >= 15 is 0 Å². The predicted molar refractivity (Wildman–Crippen MR) is 118 cm³/mol. The van der Waals surface area contributed by atoms with E-state index in [4.69, 9.17) is 4.74 Å². The van der Waals surface area contributed by atoms with Crippen molar-refractivity contribution in [2.45, 2.75) is 25.9 Å². The Bertz CT molecular complexity index is 738. The maximum Gasteiger partial charge on any atom is 0.191 e. The molecule has 152 valence electrons. The first-order chi connectivity index (χ1) is 12.6. The first-order valence-electron chi connectivity index (χ1n) is 9.09. The van der Waals surface area contributed by atoms with Crippen LogP contribution in [0, 0.1) is 0 Å². The molecule has 27 heavy (non-hydrogen) atoms. The Morgan fingerprint density at radius 1 is 1.41 bits per heavy atom. The monoisotopic (exact) mass is 509 g/mol. The van der Waals surface area contributed by atoms with Gasteiger partial charge in [-0.15, -0.1) is 24.0 Å². The second-order valence-electron chi connectivity index (χ2n) is 6.53. The zero-order valence-electron chi connectivity index (χ0n) is 15.6. The highest BCUT2D eigenvalue weighted by molar-refractivity contribution is 14.0.